The van der Waals surface area contributed by atoms with Crippen LogP contribution < -0.4 is 5.73 Å². The molecule has 2 nitrogen and oxygen atoms in total. The first-order chi connectivity index (χ1) is 8.16. The Morgan fingerprint density at radius 2 is 1.82 bits per heavy atom. The third kappa shape index (κ3) is 2.69. The summed E-state index contributed by atoms with van der Waals surface area (Å²) in [6.45, 7) is 1.71. The minimum Gasteiger partial charge on any atom is -0.383 e. The fourth-order valence-corrected chi connectivity index (χ4v) is 1.46. The lowest BCUT2D eigenvalue weighted by atomic mass is 10.2. The summed E-state index contributed by atoms with van der Waals surface area (Å²) in [5, 5.41) is 0. The van der Waals surface area contributed by atoms with Crippen molar-refractivity contribution in [1.82, 2.24) is 0 Å². The Bertz CT molecular complexity index is 547. The number of aliphatic imine (C=N–C) groups is 1. The Hall–Kier alpha value is -2.16. The van der Waals surface area contributed by atoms with E-state index in [1.807, 2.05) is 30.3 Å². The largest absolute Gasteiger partial charge is 0.383 e. The zero-order valence-corrected chi connectivity index (χ0v) is 9.52. The van der Waals surface area contributed by atoms with E-state index in [2.05, 4.69) is 4.99 Å². The molecule has 0 atom stereocenters. The number of hydrogen-bond donors (Lipinski definition) is 1. The van der Waals surface area contributed by atoms with E-state index in [0.29, 0.717) is 17.1 Å². The maximum Gasteiger partial charge on any atom is 0.131 e. The van der Waals surface area contributed by atoms with Crippen LogP contribution in [0.2, 0.25) is 0 Å². The molecule has 2 aromatic carbocycles. The van der Waals surface area contributed by atoms with Crippen molar-refractivity contribution in [2.24, 2.45) is 10.7 Å². The van der Waals surface area contributed by atoms with Crippen molar-refractivity contribution in [2.75, 3.05) is 0 Å². The molecule has 0 bridgehead atoms. The molecule has 0 radical (unpaired) electrons. The van der Waals surface area contributed by atoms with E-state index >= 15 is 0 Å². The predicted octanol–water partition coefficient (Wildman–Crippen LogP) is 3.17. The average Bonchev–Trinajstić information content (AvgIpc) is 2.35. The van der Waals surface area contributed by atoms with Gasteiger partial charge in [-0.15, -0.1) is 0 Å². The Labute approximate surface area is 99.6 Å². The molecule has 17 heavy (non-hydrogen) atoms. The third-order valence-electron chi connectivity index (χ3n) is 2.47. The molecule has 0 heterocycles. The van der Waals surface area contributed by atoms with Crippen LogP contribution in [0.5, 0.6) is 0 Å². The molecule has 0 unspecified atom stereocenters. The molecule has 0 amide bonds. The van der Waals surface area contributed by atoms with Crippen LogP contribution >= 0.6 is 0 Å². The molecular weight excluding hydrogens is 215 g/mol. The highest BCUT2D eigenvalue weighted by Gasteiger charge is 2.00. The van der Waals surface area contributed by atoms with Crippen LogP contribution in [0.3, 0.4) is 0 Å². The van der Waals surface area contributed by atoms with Crippen molar-refractivity contribution < 1.29 is 4.39 Å². The van der Waals surface area contributed by atoms with Crippen molar-refractivity contribution in [3.8, 4) is 0 Å². The average molecular weight is 228 g/mol. The summed E-state index contributed by atoms with van der Waals surface area (Å²) in [7, 11) is 0. The molecule has 2 N–H and O–H groups in total. The van der Waals surface area contributed by atoms with E-state index in [0.717, 1.165) is 5.56 Å². The lowest BCUT2D eigenvalue weighted by molar-refractivity contribution is 0.619. The number of benzene rings is 2. The van der Waals surface area contributed by atoms with Gasteiger partial charge in [0.1, 0.15) is 11.7 Å². The number of aryl methyl sites for hydroxylation is 1. The highest BCUT2D eigenvalue weighted by molar-refractivity contribution is 5.98. The van der Waals surface area contributed by atoms with E-state index in [1.54, 1.807) is 19.1 Å². The van der Waals surface area contributed by atoms with Crippen LogP contribution in [-0.4, -0.2) is 5.84 Å². The molecule has 0 aromatic heterocycles. The zero-order valence-electron chi connectivity index (χ0n) is 9.52. The summed E-state index contributed by atoms with van der Waals surface area (Å²) in [5.74, 6) is 0.112. The fourth-order valence-electron chi connectivity index (χ4n) is 1.46. The first-order valence-electron chi connectivity index (χ1n) is 5.32. The van der Waals surface area contributed by atoms with Gasteiger partial charge in [0.05, 0.1) is 5.69 Å². The van der Waals surface area contributed by atoms with Crippen LogP contribution in [-0.2, 0) is 0 Å². The van der Waals surface area contributed by atoms with Crippen LogP contribution in [0.25, 0.3) is 0 Å². The van der Waals surface area contributed by atoms with Gasteiger partial charge in [0, 0.05) is 5.56 Å². The van der Waals surface area contributed by atoms with Gasteiger partial charge in [0.15, 0.2) is 0 Å². The minimum atomic E-state index is -0.271. The Kier molecular flexibility index (Phi) is 3.19. The van der Waals surface area contributed by atoms with E-state index in [9.17, 15) is 4.39 Å². The summed E-state index contributed by atoms with van der Waals surface area (Å²) in [4.78, 5) is 4.19. The van der Waals surface area contributed by atoms with Gasteiger partial charge in [-0.05, 0) is 24.6 Å². The van der Waals surface area contributed by atoms with Crippen molar-refractivity contribution in [2.45, 2.75) is 6.92 Å². The molecule has 3 heteroatoms. The zero-order chi connectivity index (χ0) is 12.3. The normalized spacial score (nSPS) is 11.5. The lowest BCUT2D eigenvalue weighted by Gasteiger charge is -2.02. The molecule has 0 fully saturated rings. The molecule has 86 valence electrons. The van der Waals surface area contributed by atoms with Gasteiger partial charge in [0.2, 0.25) is 0 Å². The van der Waals surface area contributed by atoms with Crippen LogP contribution in [0.4, 0.5) is 10.1 Å². The summed E-state index contributed by atoms with van der Waals surface area (Å²) in [5.41, 5.74) is 7.79. The second-order valence-electron chi connectivity index (χ2n) is 3.80. The number of hydrogen-bond acceptors (Lipinski definition) is 1. The van der Waals surface area contributed by atoms with Crippen LogP contribution in [0.15, 0.2) is 53.5 Å². The summed E-state index contributed by atoms with van der Waals surface area (Å²) < 4.78 is 13.3. The predicted molar refractivity (Wildman–Crippen MR) is 68.0 cm³/mol. The van der Waals surface area contributed by atoms with Gasteiger partial charge in [-0.2, -0.15) is 0 Å². The highest BCUT2D eigenvalue weighted by Crippen LogP contribution is 2.17. The Morgan fingerprint density at radius 3 is 2.47 bits per heavy atom. The molecule has 0 aliphatic carbocycles. The van der Waals surface area contributed by atoms with Crippen molar-refractivity contribution >= 4 is 11.5 Å². The van der Waals surface area contributed by atoms with E-state index in [1.165, 1.54) is 6.07 Å². The highest BCUT2D eigenvalue weighted by atomic mass is 19.1. The van der Waals surface area contributed by atoms with Crippen molar-refractivity contribution in [3.05, 3.63) is 65.5 Å². The number of nitrogens with zero attached hydrogens (tertiary/aromatic N) is 1. The van der Waals surface area contributed by atoms with Crippen LogP contribution in [0.1, 0.15) is 11.1 Å². The van der Waals surface area contributed by atoms with Gasteiger partial charge in [-0.1, -0.05) is 36.4 Å². The van der Waals surface area contributed by atoms with E-state index in [4.69, 9.17) is 5.73 Å². The van der Waals surface area contributed by atoms with E-state index < -0.39 is 0 Å². The second kappa shape index (κ2) is 4.78. The van der Waals surface area contributed by atoms with Crippen molar-refractivity contribution in [3.63, 3.8) is 0 Å². The first-order valence-corrected chi connectivity index (χ1v) is 5.32. The number of nitrogens with two attached hydrogens (primary N) is 1. The van der Waals surface area contributed by atoms with Crippen LogP contribution in [0, 0.1) is 12.7 Å². The molecule has 0 aliphatic rings. The molecule has 0 aliphatic heterocycles. The standard InChI is InChI=1S/C14H13FN2/c1-10-7-8-12(9-13(10)15)17-14(16)11-5-3-2-4-6-11/h2-9H,1H3,(H2,16,17). The van der Waals surface area contributed by atoms with Gasteiger partial charge in [-0.3, -0.25) is 0 Å². The summed E-state index contributed by atoms with van der Waals surface area (Å²) >= 11 is 0. The first kappa shape index (κ1) is 11.3. The number of rotatable bonds is 2. The fraction of sp³-hybridized carbons (Fsp3) is 0.0714. The monoisotopic (exact) mass is 228 g/mol. The number of halogens is 1. The maximum absolute atomic E-state index is 13.3. The molecule has 2 rings (SSSR count). The SMILES string of the molecule is Cc1ccc(N=C(N)c2ccccc2)cc1F. The Balaban J connectivity index is 2.33. The Morgan fingerprint density at radius 1 is 1.12 bits per heavy atom. The number of amidine groups is 1. The van der Waals surface area contributed by atoms with Gasteiger partial charge in [-0.25, -0.2) is 9.38 Å². The lowest BCUT2D eigenvalue weighted by Crippen LogP contribution is -2.12. The smallest absolute Gasteiger partial charge is 0.131 e. The van der Waals surface area contributed by atoms with Crippen molar-refractivity contribution in [1.29, 1.82) is 0 Å². The third-order valence-corrected chi connectivity index (χ3v) is 2.47. The minimum absolute atomic E-state index is 0.271. The molecule has 0 saturated carbocycles. The topological polar surface area (TPSA) is 38.4 Å². The van der Waals surface area contributed by atoms with Gasteiger partial charge < -0.3 is 5.73 Å². The molecular formula is C14H13FN2. The maximum atomic E-state index is 13.3. The second-order valence-corrected chi connectivity index (χ2v) is 3.80. The van der Waals surface area contributed by atoms with E-state index in [-0.39, 0.29) is 5.82 Å². The molecule has 0 spiro atoms. The molecule has 0 saturated heterocycles. The summed E-state index contributed by atoms with van der Waals surface area (Å²) in [6, 6.07) is 14.2. The van der Waals surface area contributed by atoms with Gasteiger partial charge >= 0.3 is 0 Å². The summed E-state index contributed by atoms with van der Waals surface area (Å²) in [6.07, 6.45) is 0. The molecule has 2 aromatic rings. The van der Waals surface area contributed by atoms with Gasteiger partial charge in [0.25, 0.3) is 0 Å². The quantitative estimate of drug-likeness (QED) is 0.622.